The van der Waals surface area contributed by atoms with Gasteiger partial charge in [0.15, 0.2) is 0 Å². The zero-order chi connectivity index (χ0) is 7.14. The third-order valence-electron chi connectivity index (χ3n) is 3.53. The largest absolute Gasteiger partial charge is 0.0625 e. The van der Waals surface area contributed by atoms with Crippen molar-refractivity contribution in [2.75, 3.05) is 0 Å². The van der Waals surface area contributed by atoms with E-state index < -0.39 is 0 Å². The van der Waals surface area contributed by atoms with E-state index in [1.54, 1.807) is 19.3 Å². The van der Waals surface area contributed by atoms with E-state index in [9.17, 15) is 0 Å². The summed E-state index contributed by atoms with van der Waals surface area (Å²) in [6.07, 6.45) is 6.21. The molecule has 3 atom stereocenters. The second kappa shape index (κ2) is 2.25. The van der Waals surface area contributed by atoms with Gasteiger partial charge in [0, 0.05) is 0 Å². The highest BCUT2D eigenvalue weighted by Gasteiger charge is 2.42. The van der Waals surface area contributed by atoms with Crippen molar-refractivity contribution < 1.29 is 0 Å². The monoisotopic (exact) mass is 138 g/mol. The molecule has 0 radical (unpaired) electrons. The van der Waals surface area contributed by atoms with Crippen molar-refractivity contribution in [1.82, 2.24) is 0 Å². The predicted molar refractivity (Wildman–Crippen MR) is 43.8 cm³/mol. The molecule has 2 aliphatic rings. The lowest BCUT2D eigenvalue weighted by Gasteiger charge is -2.24. The van der Waals surface area contributed by atoms with Crippen LogP contribution in [0.3, 0.4) is 0 Å². The zero-order valence-electron chi connectivity index (χ0n) is 7.14. The van der Waals surface area contributed by atoms with Crippen LogP contribution in [0.1, 0.15) is 39.5 Å². The zero-order valence-corrected chi connectivity index (χ0v) is 7.14. The van der Waals surface area contributed by atoms with Gasteiger partial charge in [-0.3, -0.25) is 0 Å². The molecule has 0 spiro atoms. The van der Waals surface area contributed by atoms with Crippen LogP contribution in [-0.4, -0.2) is 0 Å². The molecule has 0 aromatic rings. The smallest absolute Gasteiger partial charge is 0.0380 e. The van der Waals surface area contributed by atoms with Crippen LogP contribution in [-0.2, 0) is 0 Å². The van der Waals surface area contributed by atoms with Crippen LogP contribution in [0.4, 0.5) is 0 Å². The van der Waals surface area contributed by atoms with E-state index in [0.29, 0.717) is 0 Å². The first-order valence-electron chi connectivity index (χ1n) is 4.77. The Kier molecular flexibility index (Phi) is 1.51. The summed E-state index contributed by atoms with van der Waals surface area (Å²) in [5.41, 5.74) is 0. The van der Waals surface area contributed by atoms with E-state index in [-0.39, 0.29) is 0 Å². The standard InChI is InChI=1S/C10H18/c1-7(2)8-3-4-9-6-10(9)5-8/h7-10H,3-6H2,1-2H3/t8-,9-,10+/m0/s1. The summed E-state index contributed by atoms with van der Waals surface area (Å²) in [7, 11) is 0. The Morgan fingerprint density at radius 3 is 2.40 bits per heavy atom. The van der Waals surface area contributed by atoms with Gasteiger partial charge in [0.05, 0.1) is 0 Å². The molecule has 0 saturated heterocycles. The molecule has 0 N–H and O–H groups in total. The summed E-state index contributed by atoms with van der Waals surface area (Å²) >= 11 is 0. The van der Waals surface area contributed by atoms with Gasteiger partial charge in [0.2, 0.25) is 0 Å². The number of hydrogen-bond acceptors (Lipinski definition) is 0. The molecule has 0 nitrogen and oxygen atoms in total. The lowest BCUT2D eigenvalue weighted by atomic mass is 9.82. The normalized spacial score (nSPS) is 45.3. The van der Waals surface area contributed by atoms with Crippen LogP contribution >= 0.6 is 0 Å². The first-order chi connectivity index (χ1) is 4.77. The molecule has 2 aliphatic carbocycles. The summed E-state index contributed by atoms with van der Waals surface area (Å²) in [5, 5.41) is 0. The third-order valence-corrected chi connectivity index (χ3v) is 3.53. The molecule has 2 saturated carbocycles. The number of rotatable bonds is 1. The van der Waals surface area contributed by atoms with Crippen LogP contribution in [0, 0.1) is 23.7 Å². The van der Waals surface area contributed by atoms with Gasteiger partial charge in [0.1, 0.15) is 0 Å². The molecule has 2 rings (SSSR count). The summed E-state index contributed by atoms with van der Waals surface area (Å²) in [5.74, 6) is 4.36. The molecule has 0 bridgehead atoms. The molecule has 0 unspecified atom stereocenters. The molecule has 0 aliphatic heterocycles. The van der Waals surface area contributed by atoms with Gasteiger partial charge >= 0.3 is 0 Å². The fraction of sp³-hybridized carbons (Fsp3) is 1.00. The number of fused-ring (bicyclic) bond motifs is 1. The summed E-state index contributed by atoms with van der Waals surface area (Å²) in [6.45, 7) is 4.76. The Morgan fingerprint density at radius 1 is 1.00 bits per heavy atom. The molecule has 0 heterocycles. The second-order valence-electron chi connectivity index (χ2n) is 4.57. The Bertz CT molecular complexity index is 126. The van der Waals surface area contributed by atoms with Gasteiger partial charge in [-0.25, -0.2) is 0 Å². The highest BCUT2D eigenvalue weighted by Crippen LogP contribution is 2.52. The maximum absolute atomic E-state index is 2.38. The van der Waals surface area contributed by atoms with E-state index in [0.717, 1.165) is 11.8 Å². The molecule has 2 fully saturated rings. The fourth-order valence-electron chi connectivity index (χ4n) is 2.49. The van der Waals surface area contributed by atoms with Crippen LogP contribution in [0.2, 0.25) is 0 Å². The lowest BCUT2D eigenvalue weighted by molar-refractivity contribution is 0.269. The van der Waals surface area contributed by atoms with Gasteiger partial charge in [-0.1, -0.05) is 13.8 Å². The van der Waals surface area contributed by atoms with E-state index in [2.05, 4.69) is 13.8 Å². The number of hydrogen-bond donors (Lipinski definition) is 0. The average molecular weight is 138 g/mol. The average Bonchev–Trinajstić information content (AvgIpc) is 2.63. The van der Waals surface area contributed by atoms with Crippen molar-refractivity contribution in [3.8, 4) is 0 Å². The third kappa shape index (κ3) is 1.09. The van der Waals surface area contributed by atoms with Gasteiger partial charge < -0.3 is 0 Å². The van der Waals surface area contributed by atoms with E-state index in [1.165, 1.54) is 18.3 Å². The Balaban J connectivity index is 1.88. The van der Waals surface area contributed by atoms with Crippen molar-refractivity contribution in [2.24, 2.45) is 23.7 Å². The van der Waals surface area contributed by atoms with Crippen molar-refractivity contribution >= 4 is 0 Å². The lowest BCUT2D eigenvalue weighted by Crippen LogP contribution is -2.14. The maximum atomic E-state index is 2.38. The van der Waals surface area contributed by atoms with Crippen molar-refractivity contribution in [2.45, 2.75) is 39.5 Å². The predicted octanol–water partition coefficient (Wildman–Crippen LogP) is 3.08. The SMILES string of the molecule is CC(C)[C@H]1CC[C@H]2C[C@H]2C1. The summed E-state index contributed by atoms with van der Waals surface area (Å²) < 4.78 is 0. The van der Waals surface area contributed by atoms with Crippen LogP contribution in [0.15, 0.2) is 0 Å². The second-order valence-corrected chi connectivity index (χ2v) is 4.57. The van der Waals surface area contributed by atoms with E-state index in [4.69, 9.17) is 0 Å². The van der Waals surface area contributed by atoms with Gasteiger partial charge in [-0.05, 0) is 49.4 Å². The van der Waals surface area contributed by atoms with Crippen molar-refractivity contribution in [3.63, 3.8) is 0 Å². The quantitative estimate of drug-likeness (QED) is 0.522. The van der Waals surface area contributed by atoms with Crippen molar-refractivity contribution in [3.05, 3.63) is 0 Å². The van der Waals surface area contributed by atoms with E-state index >= 15 is 0 Å². The first-order valence-corrected chi connectivity index (χ1v) is 4.77. The Hall–Kier alpha value is 0. The van der Waals surface area contributed by atoms with Gasteiger partial charge in [-0.15, -0.1) is 0 Å². The minimum absolute atomic E-state index is 0.946. The minimum atomic E-state index is 0.946. The van der Waals surface area contributed by atoms with Crippen LogP contribution < -0.4 is 0 Å². The molecular formula is C10H18. The summed E-state index contributed by atoms with van der Waals surface area (Å²) in [4.78, 5) is 0. The van der Waals surface area contributed by atoms with Crippen LogP contribution in [0.25, 0.3) is 0 Å². The molecule has 0 aromatic heterocycles. The maximum Gasteiger partial charge on any atom is -0.0380 e. The molecule has 58 valence electrons. The highest BCUT2D eigenvalue weighted by molar-refractivity contribution is 4.92. The summed E-state index contributed by atoms with van der Waals surface area (Å²) in [6, 6.07) is 0. The fourth-order valence-corrected chi connectivity index (χ4v) is 2.49. The molecule has 0 heteroatoms. The minimum Gasteiger partial charge on any atom is -0.0625 e. The molecule has 10 heavy (non-hydrogen) atoms. The Labute approximate surface area is 64.0 Å². The molecule has 0 amide bonds. The Morgan fingerprint density at radius 2 is 1.80 bits per heavy atom. The van der Waals surface area contributed by atoms with Gasteiger partial charge in [0.25, 0.3) is 0 Å². The van der Waals surface area contributed by atoms with Gasteiger partial charge in [-0.2, -0.15) is 0 Å². The topological polar surface area (TPSA) is 0 Å². The van der Waals surface area contributed by atoms with Crippen molar-refractivity contribution in [1.29, 1.82) is 0 Å². The van der Waals surface area contributed by atoms with Crippen LogP contribution in [0.5, 0.6) is 0 Å². The molecular weight excluding hydrogens is 120 g/mol. The molecule has 0 aromatic carbocycles. The first kappa shape index (κ1) is 6.69. The highest BCUT2D eigenvalue weighted by atomic mass is 14.5. The van der Waals surface area contributed by atoms with E-state index in [1.807, 2.05) is 0 Å².